The second-order valence-electron chi connectivity index (χ2n) is 7.77. The molecule has 0 aliphatic rings. The molecular weight excluding hydrogens is 478 g/mol. The summed E-state index contributed by atoms with van der Waals surface area (Å²) in [4.78, 5) is 27.9. The van der Waals surface area contributed by atoms with E-state index in [4.69, 9.17) is 16.3 Å². The number of methoxy groups -OCH3 is 1. The van der Waals surface area contributed by atoms with Gasteiger partial charge in [0.15, 0.2) is 0 Å². The molecule has 10 heteroatoms. The Morgan fingerprint density at radius 2 is 1.74 bits per heavy atom. The summed E-state index contributed by atoms with van der Waals surface area (Å²) in [5.41, 5.74) is 0.893. The van der Waals surface area contributed by atoms with Crippen LogP contribution in [0, 0.1) is 0 Å². The lowest BCUT2D eigenvalue weighted by Gasteiger charge is -2.33. The van der Waals surface area contributed by atoms with Gasteiger partial charge >= 0.3 is 0 Å². The molecule has 0 aliphatic heterocycles. The van der Waals surface area contributed by atoms with Crippen LogP contribution in [0.5, 0.6) is 5.75 Å². The second kappa shape index (κ2) is 12.6. The van der Waals surface area contributed by atoms with E-state index in [2.05, 4.69) is 5.32 Å². The standard InChI is InChI=1S/C24H32ClN3O5S/c1-5-15-26-24(30)20(6-2)27(16-18-11-7-8-12-19(18)25)23(29)17-28(34(4,31)32)21-13-9-10-14-22(21)33-3/h7-14,20H,5-6,15-17H2,1-4H3,(H,26,30)/t20-/m1/s1. The molecule has 0 spiro atoms. The monoisotopic (exact) mass is 509 g/mol. The molecule has 0 fully saturated rings. The Labute approximate surface area is 206 Å². The molecule has 2 rings (SSSR count). The molecule has 0 unspecified atom stereocenters. The number of hydrogen-bond acceptors (Lipinski definition) is 5. The molecule has 34 heavy (non-hydrogen) atoms. The molecule has 0 heterocycles. The van der Waals surface area contributed by atoms with Crippen LogP contribution in [-0.2, 0) is 26.2 Å². The Balaban J connectivity index is 2.47. The molecule has 0 saturated carbocycles. The number of nitrogens with one attached hydrogen (secondary N) is 1. The highest BCUT2D eigenvalue weighted by Gasteiger charge is 2.32. The summed E-state index contributed by atoms with van der Waals surface area (Å²) in [5.74, 6) is -0.520. The van der Waals surface area contributed by atoms with Gasteiger partial charge in [-0.25, -0.2) is 8.42 Å². The van der Waals surface area contributed by atoms with E-state index in [0.29, 0.717) is 29.3 Å². The largest absolute Gasteiger partial charge is 0.495 e. The molecule has 2 amide bonds. The van der Waals surface area contributed by atoms with Crippen LogP contribution in [-0.4, -0.2) is 57.6 Å². The molecule has 1 atom stereocenters. The highest BCUT2D eigenvalue weighted by molar-refractivity contribution is 7.92. The number of sulfonamides is 1. The number of carbonyl (C=O) groups is 2. The van der Waals surface area contributed by atoms with Gasteiger partial charge < -0.3 is 15.0 Å². The molecule has 0 aromatic heterocycles. The van der Waals surface area contributed by atoms with Crippen LogP contribution in [0.4, 0.5) is 5.69 Å². The van der Waals surface area contributed by atoms with Crippen molar-refractivity contribution in [3.63, 3.8) is 0 Å². The fraction of sp³-hybridized carbons (Fsp3) is 0.417. The maximum Gasteiger partial charge on any atom is 0.244 e. The lowest BCUT2D eigenvalue weighted by molar-refractivity contribution is -0.140. The fourth-order valence-corrected chi connectivity index (χ4v) is 4.57. The van der Waals surface area contributed by atoms with Crippen molar-refractivity contribution in [1.82, 2.24) is 10.2 Å². The first-order valence-electron chi connectivity index (χ1n) is 11.0. The van der Waals surface area contributed by atoms with Crippen LogP contribution in [0.15, 0.2) is 48.5 Å². The number of hydrogen-bond donors (Lipinski definition) is 1. The SMILES string of the molecule is CCCNC(=O)[C@@H](CC)N(Cc1ccccc1Cl)C(=O)CN(c1ccccc1OC)S(C)(=O)=O. The van der Waals surface area contributed by atoms with E-state index in [9.17, 15) is 18.0 Å². The van der Waals surface area contributed by atoms with Gasteiger partial charge in [-0.05, 0) is 36.6 Å². The predicted molar refractivity (Wildman–Crippen MR) is 135 cm³/mol. The number of anilines is 1. The van der Waals surface area contributed by atoms with E-state index < -0.39 is 28.5 Å². The first-order chi connectivity index (χ1) is 16.1. The van der Waals surface area contributed by atoms with Crippen molar-refractivity contribution in [2.75, 3.05) is 30.8 Å². The van der Waals surface area contributed by atoms with Gasteiger partial charge in [0.2, 0.25) is 21.8 Å². The second-order valence-corrected chi connectivity index (χ2v) is 10.1. The third-order valence-electron chi connectivity index (χ3n) is 5.27. The number of ether oxygens (including phenoxy) is 1. The van der Waals surface area contributed by atoms with Crippen molar-refractivity contribution < 1.29 is 22.7 Å². The Hall–Kier alpha value is -2.78. The van der Waals surface area contributed by atoms with E-state index >= 15 is 0 Å². The molecule has 2 aromatic carbocycles. The minimum Gasteiger partial charge on any atom is -0.495 e. The van der Waals surface area contributed by atoms with Crippen LogP contribution in [0.2, 0.25) is 5.02 Å². The number of benzene rings is 2. The van der Waals surface area contributed by atoms with Crippen molar-refractivity contribution in [3.8, 4) is 5.75 Å². The minimum absolute atomic E-state index is 0.0556. The molecule has 1 N–H and O–H groups in total. The Morgan fingerprint density at radius 3 is 2.32 bits per heavy atom. The van der Waals surface area contributed by atoms with Gasteiger partial charge in [-0.3, -0.25) is 13.9 Å². The molecule has 0 saturated heterocycles. The summed E-state index contributed by atoms with van der Waals surface area (Å²) < 4.78 is 31.7. The van der Waals surface area contributed by atoms with Crippen molar-refractivity contribution in [3.05, 3.63) is 59.1 Å². The highest BCUT2D eigenvalue weighted by atomic mass is 35.5. The first-order valence-corrected chi connectivity index (χ1v) is 13.3. The van der Waals surface area contributed by atoms with Crippen LogP contribution in [0.1, 0.15) is 32.3 Å². The summed E-state index contributed by atoms with van der Waals surface area (Å²) in [6.07, 6.45) is 2.12. The van der Waals surface area contributed by atoms with Crippen LogP contribution < -0.4 is 14.4 Å². The number of halogens is 1. The summed E-state index contributed by atoms with van der Waals surface area (Å²) in [6.45, 7) is 3.77. The van der Waals surface area contributed by atoms with Crippen molar-refractivity contribution in [2.45, 2.75) is 39.3 Å². The van der Waals surface area contributed by atoms with Crippen molar-refractivity contribution >= 4 is 39.1 Å². The van der Waals surface area contributed by atoms with Crippen LogP contribution in [0.3, 0.4) is 0 Å². The van der Waals surface area contributed by atoms with E-state index in [1.807, 2.05) is 6.92 Å². The third-order valence-corrected chi connectivity index (χ3v) is 6.76. The molecule has 0 aliphatic carbocycles. The topological polar surface area (TPSA) is 96.0 Å². The quantitative estimate of drug-likeness (QED) is 0.472. The number of amides is 2. The van der Waals surface area contributed by atoms with E-state index in [1.54, 1.807) is 55.5 Å². The van der Waals surface area contributed by atoms with Gasteiger partial charge in [0.25, 0.3) is 0 Å². The minimum atomic E-state index is -3.85. The van der Waals surface area contributed by atoms with Gasteiger partial charge in [0, 0.05) is 18.1 Å². The zero-order valence-corrected chi connectivity index (χ0v) is 21.5. The van der Waals surface area contributed by atoms with Crippen LogP contribution in [0.25, 0.3) is 0 Å². The maximum atomic E-state index is 13.6. The summed E-state index contributed by atoms with van der Waals surface area (Å²) in [5, 5.41) is 3.29. The molecule has 2 aromatic rings. The normalized spacial score (nSPS) is 12.0. The fourth-order valence-electron chi connectivity index (χ4n) is 3.53. The van der Waals surface area contributed by atoms with Gasteiger partial charge in [-0.1, -0.05) is 55.8 Å². The summed E-state index contributed by atoms with van der Waals surface area (Å²) in [6, 6.07) is 12.8. The van der Waals surface area contributed by atoms with Gasteiger partial charge in [-0.15, -0.1) is 0 Å². The van der Waals surface area contributed by atoms with Crippen molar-refractivity contribution in [1.29, 1.82) is 0 Å². The smallest absolute Gasteiger partial charge is 0.244 e. The number of para-hydroxylation sites is 2. The summed E-state index contributed by atoms with van der Waals surface area (Å²) >= 11 is 6.34. The van der Waals surface area contributed by atoms with Gasteiger partial charge in [0.05, 0.1) is 19.1 Å². The maximum absolute atomic E-state index is 13.6. The zero-order chi connectivity index (χ0) is 25.3. The third kappa shape index (κ3) is 7.11. The highest BCUT2D eigenvalue weighted by Crippen LogP contribution is 2.30. The van der Waals surface area contributed by atoms with Gasteiger partial charge in [0.1, 0.15) is 18.3 Å². The molecule has 8 nitrogen and oxygen atoms in total. The number of nitrogens with zero attached hydrogens (tertiary/aromatic N) is 2. The molecule has 0 radical (unpaired) electrons. The van der Waals surface area contributed by atoms with E-state index in [0.717, 1.165) is 17.0 Å². The molecule has 186 valence electrons. The average Bonchev–Trinajstić information content (AvgIpc) is 2.81. The van der Waals surface area contributed by atoms with E-state index in [-0.39, 0.29) is 18.1 Å². The lowest BCUT2D eigenvalue weighted by atomic mass is 10.1. The first kappa shape index (κ1) is 27.5. The Bertz CT molecular complexity index is 1090. The predicted octanol–water partition coefficient (Wildman–Crippen LogP) is 3.45. The molecular formula is C24H32ClN3O5S. The van der Waals surface area contributed by atoms with Gasteiger partial charge in [-0.2, -0.15) is 0 Å². The number of rotatable bonds is 12. The molecule has 0 bridgehead atoms. The van der Waals surface area contributed by atoms with E-state index in [1.165, 1.54) is 12.0 Å². The van der Waals surface area contributed by atoms with Crippen molar-refractivity contribution in [2.24, 2.45) is 0 Å². The zero-order valence-electron chi connectivity index (χ0n) is 20.0. The Morgan fingerprint density at radius 1 is 1.09 bits per heavy atom. The van der Waals surface area contributed by atoms with Crippen LogP contribution >= 0.6 is 11.6 Å². The lowest BCUT2D eigenvalue weighted by Crippen LogP contribution is -2.52. The average molecular weight is 510 g/mol. The summed E-state index contributed by atoms with van der Waals surface area (Å²) in [7, 11) is -2.42. The Kier molecular flexibility index (Phi) is 10.2. The number of carbonyl (C=O) groups excluding carboxylic acids is 2.